The predicted octanol–water partition coefficient (Wildman–Crippen LogP) is 1.46. The third-order valence-electron chi connectivity index (χ3n) is 4.79. The SMILES string of the molecule is CCN(CC)S(=O)(=O)c1ccc(NC2CCN(S(C)(=O)=O)CC2)c([N+](=O)[O-])c1. The summed E-state index contributed by atoms with van der Waals surface area (Å²) in [5.41, 5.74) is -0.0972. The second kappa shape index (κ2) is 8.72. The van der Waals surface area contributed by atoms with Gasteiger partial charge in [0.2, 0.25) is 20.0 Å². The number of nitro benzene ring substituents is 1. The van der Waals surface area contributed by atoms with E-state index < -0.39 is 25.0 Å². The molecule has 0 saturated carbocycles. The van der Waals surface area contributed by atoms with Crippen molar-refractivity contribution in [1.82, 2.24) is 8.61 Å². The van der Waals surface area contributed by atoms with Crippen molar-refractivity contribution in [3.63, 3.8) is 0 Å². The van der Waals surface area contributed by atoms with Crippen molar-refractivity contribution in [2.75, 3.05) is 37.8 Å². The molecule has 0 spiro atoms. The molecular formula is C16H26N4O6S2. The number of nitrogens with zero attached hydrogens (tertiary/aromatic N) is 3. The first kappa shape index (κ1) is 22.5. The van der Waals surface area contributed by atoms with Gasteiger partial charge in [-0.15, -0.1) is 0 Å². The number of nitrogens with one attached hydrogen (secondary N) is 1. The maximum absolute atomic E-state index is 12.6. The Hall–Kier alpha value is -1.76. The van der Waals surface area contributed by atoms with Crippen LogP contribution in [0, 0.1) is 10.1 Å². The summed E-state index contributed by atoms with van der Waals surface area (Å²) in [7, 11) is -7.06. The summed E-state index contributed by atoms with van der Waals surface area (Å²) in [5.74, 6) is 0. The second-order valence-corrected chi connectivity index (χ2v) is 10.5. The molecule has 0 bridgehead atoms. The highest BCUT2D eigenvalue weighted by atomic mass is 32.2. The number of anilines is 1. The van der Waals surface area contributed by atoms with Gasteiger partial charge in [0.1, 0.15) is 5.69 Å². The Kier molecular flexibility index (Phi) is 7.02. The summed E-state index contributed by atoms with van der Waals surface area (Å²) in [6.07, 6.45) is 2.16. The zero-order chi connectivity index (χ0) is 21.1. The second-order valence-electron chi connectivity index (χ2n) is 6.61. The standard InChI is InChI=1S/C16H26N4O6S2/c1-4-18(5-2)28(25,26)14-6-7-15(16(12-14)20(21)22)17-13-8-10-19(11-9-13)27(3,23)24/h6-7,12-13,17H,4-5,8-11H2,1-3H3. The van der Waals surface area contributed by atoms with Crippen LogP contribution in [-0.2, 0) is 20.0 Å². The van der Waals surface area contributed by atoms with Gasteiger partial charge in [-0.25, -0.2) is 21.1 Å². The van der Waals surface area contributed by atoms with Crippen molar-refractivity contribution < 1.29 is 21.8 Å². The fourth-order valence-corrected chi connectivity index (χ4v) is 5.56. The Morgan fingerprint density at radius 3 is 2.21 bits per heavy atom. The largest absolute Gasteiger partial charge is 0.377 e. The summed E-state index contributed by atoms with van der Waals surface area (Å²) in [4.78, 5) is 10.8. The van der Waals surface area contributed by atoms with Gasteiger partial charge in [-0.2, -0.15) is 4.31 Å². The predicted molar refractivity (Wildman–Crippen MR) is 106 cm³/mol. The first-order valence-electron chi connectivity index (χ1n) is 9.01. The van der Waals surface area contributed by atoms with Crippen molar-refractivity contribution >= 4 is 31.4 Å². The summed E-state index contributed by atoms with van der Waals surface area (Å²) in [6.45, 7) is 4.61. The van der Waals surface area contributed by atoms with Gasteiger partial charge >= 0.3 is 0 Å². The summed E-state index contributed by atoms with van der Waals surface area (Å²) < 4.78 is 51.0. The smallest absolute Gasteiger partial charge is 0.293 e. The monoisotopic (exact) mass is 434 g/mol. The molecule has 10 nitrogen and oxygen atoms in total. The average molecular weight is 435 g/mol. The number of hydrogen-bond acceptors (Lipinski definition) is 7. The number of rotatable bonds is 8. The van der Waals surface area contributed by atoms with Gasteiger partial charge in [-0.3, -0.25) is 10.1 Å². The van der Waals surface area contributed by atoms with Crippen LogP contribution in [0.2, 0.25) is 0 Å². The molecule has 1 aromatic carbocycles. The van der Waals surface area contributed by atoms with Crippen LogP contribution in [0.1, 0.15) is 26.7 Å². The maximum atomic E-state index is 12.6. The Bertz CT molecular complexity index is 920. The molecule has 0 aliphatic carbocycles. The van der Waals surface area contributed by atoms with E-state index in [0.29, 0.717) is 25.9 Å². The Morgan fingerprint density at radius 1 is 1.18 bits per heavy atom. The average Bonchev–Trinajstić information content (AvgIpc) is 2.62. The van der Waals surface area contributed by atoms with Crippen LogP contribution in [0.15, 0.2) is 23.1 Å². The molecule has 1 aromatic rings. The molecule has 2 rings (SSSR count). The molecule has 1 saturated heterocycles. The molecule has 158 valence electrons. The zero-order valence-corrected chi connectivity index (χ0v) is 17.8. The van der Waals surface area contributed by atoms with Crippen molar-refractivity contribution in [3.8, 4) is 0 Å². The minimum absolute atomic E-state index is 0.125. The van der Waals surface area contributed by atoms with Gasteiger partial charge in [0.15, 0.2) is 0 Å². The first-order chi connectivity index (χ1) is 13.0. The van der Waals surface area contributed by atoms with Crippen molar-refractivity contribution in [1.29, 1.82) is 0 Å². The van der Waals surface area contributed by atoms with E-state index in [1.165, 1.54) is 20.7 Å². The van der Waals surface area contributed by atoms with Gasteiger partial charge < -0.3 is 5.32 Å². The molecule has 1 aliphatic heterocycles. The quantitative estimate of drug-likeness (QED) is 0.484. The van der Waals surface area contributed by atoms with Crippen LogP contribution in [0.4, 0.5) is 11.4 Å². The lowest BCUT2D eigenvalue weighted by molar-refractivity contribution is -0.384. The molecule has 0 amide bonds. The zero-order valence-electron chi connectivity index (χ0n) is 16.2. The van der Waals surface area contributed by atoms with E-state index >= 15 is 0 Å². The van der Waals surface area contributed by atoms with Crippen LogP contribution >= 0.6 is 0 Å². The normalized spacial score (nSPS) is 17.0. The highest BCUT2D eigenvalue weighted by Gasteiger charge is 2.28. The Morgan fingerprint density at radius 2 is 1.75 bits per heavy atom. The van der Waals surface area contributed by atoms with Gasteiger partial charge in [-0.1, -0.05) is 13.8 Å². The van der Waals surface area contributed by atoms with Gasteiger partial charge in [0, 0.05) is 38.3 Å². The van der Waals surface area contributed by atoms with E-state index in [-0.39, 0.29) is 35.4 Å². The first-order valence-corrected chi connectivity index (χ1v) is 12.3. The van der Waals surface area contributed by atoms with Crippen LogP contribution in [-0.4, -0.2) is 68.8 Å². The summed E-state index contributed by atoms with van der Waals surface area (Å²) in [5, 5.41) is 14.6. The molecule has 0 atom stereocenters. The fourth-order valence-electron chi connectivity index (χ4n) is 3.21. The van der Waals surface area contributed by atoms with E-state index in [4.69, 9.17) is 0 Å². The van der Waals surface area contributed by atoms with E-state index in [2.05, 4.69) is 5.32 Å². The topological polar surface area (TPSA) is 130 Å². The molecule has 0 radical (unpaired) electrons. The lowest BCUT2D eigenvalue weighted by Crippen LogP contribution is -2.41. The number of nitro groups is 1. The molecule has 12 heteroatoms. The maximum Gasteiger partial charge on any atom is 0.293 e. The lowest BCUT2D eigenvalue weighted by atomic mass is 10.1. The van der Waals surface area contributed by atoms with E-state index in [1.54, 1.807) is 13.8 Å². The Balaban J connectivity index is 2.24. The minimum atomic E-state index is -3.80. The molecule has 1 heterocycles. The van der Waals surface area contributed by atoms with Crippen LogP contribution in [0.3, 0.4) is 0 Å². The van der Waals surface area contributed by atoms with Crippen molar-refractivity contribution in [2.24, 2.45) is 0 Å². The molecule has 1 aliphatic rings. The van der Waals surface area contributed by atoms with Crippen LogP contribution < -0.4 is 5.32 Å². The number of benzene rings is 1. The fraction of sp³-hybridized carbons (Fsp3) is 0.625. The number of hydrogen-bond donors (Lipinski definition) is 1. The highest BCUT2D eigenvalue weighted by molar-refractivity contribution is 7.89. The molecule has 1 N–H and O–H groups in total. The minimum Gasteiger partial charge on any atom is -0.377 e. The highest BCUT2D eigenvalue weighted by Crippen LogP contribution is 2.30. The molecule has 0 unspecified atom stereocenters. The lowest BCUT2D eigenvalue weighted by Gasteiger charge is -2.31. The molecule has 0 aromatic heterocycles. The summed E-state index contributed by atoms with van der Waals surface area (Å²) in [6, 6.07) is 3.69. The molecule has 1 fully saturated rings. The van der Waals surface area contributed by atoms with Gasteiger partial charge in [-0.05, 0) is 25.0 Å². The number of piperidine rings is 1. The third-order valence-corrected chi connectivity index (χ3v) is 8.14. The number of sulfonamides is 2. The van der Waals surface area contributed by atoms with E-state index in [1.807, 2.05) is 0 Å². The van der Waals surface area contributed by atoms with Gasteiger partial charge in [0.05, 0.1) is 16.1 Å². The Labute approximate surface area is 165 Å². The van der Waals surface area contributed by atoms with Crippen molar-refractivity contribution in [3.05, 3.63) is 28.3 Å². The van der Waals surface area contributed by atoms with Crippen LogP contribution in [0.25, 0.3) is 0 Å². The van der Waals surface area contributed by atoms with E-state index in [9.17, 15) is 26.9 Å². The third kappa shape index (κ3) is 4.99. The van der Waals surface area contributed by atoms with Crippen molar-refractivity contribution in [2.45, 2.75) is 37.6 Å². The summed E-state index contributed by atoms with van der Waals surface area (Å²) >= 11 is 0. The molecule has 28 heavy (non-hydrogen) atoms. The van der Waals surface area contributed by atoms with Gasteiger partial charge in [0.25, 0.3) is 5.69 Å². The van der Waals surface area contributed by atoms with Crippen LogP contribution in [0.5, 0.6) is 0 Å². The van der Waals surface area contributed by atoms with E-state index in [0.717, 1.165) is 12.3 Å². The molecular weight excluding hydrogens is 408 g/mol.